The third kappa shape index (κ3) is 1.38. The summed E-state index contributed by atoms with van der Waals surface area (Å²) in [5.41, 5.74) is 0.384. The van der Waals surface area contributed by atoms with Gasteiger partial charge in [-0.1, -0.05) is 23.2 Å². The molecule has 0 aliphatic rings. The van der Waals surface area contributed by atoms with Gasteiger partial charge in [0.05, 0.1) is 6.20 Å². The predicted molar refractivity (Wildman–Crippen MR) is 40.0 cm³/mol. The molecular weight excluding hydrogens is 171 g/mol. The molecule has 0 aromatic carbocycles. The van der Waals surface area contributed by atoms with Crippen LogP contribution in [0.1, 0.15) is 5.69 Å². The highest BCUT2D eigenvalue weighted by Gasteiger charge is 1.98. The molecule has 0 saturated heterocycles. The lowest BCUT2D eigenvalue weighted by Crippen LogP contribution is -1.86. The van der Waals surface area contributed by atoms with Gasteiger partial charge in [-0.2, -0.15) is 0 Å². The van der Waals surface area contributed by atoms with Crippen LogP contribution in [0.2, 0.25) is 10.3 Å². The van der Waals surface area contributed by atoms with E-state index in [1.54, 1.807) is 0 Å². The van der Waals surface area contributed by atoms with Crippen molar-refractivity contribution in [2.45, 2.75) is 0 Å². The van der Waals surface area contributed by atoms with Crippen LogP contribution in [0.3, 0.4) is 0 Å². The van der Waals surface area contributed by atoms with Crippen molar-refractivity contribution in [1.29, 1.82) is 0 Å². The molecule has 0 aliphatic heterocycles. The Morgan fingerprint density at radius 1 is 1.40 bits per heavy atom. The quantitative estimate of drug-likeness (QED) is 0.558. The van der Waals surface area contributed by atoms with Gasteiger partial charge in [0.15, 0.2) is 10.3 Å². The first-order valence-electron chi connectivity index (χ1n) is 2.38. The minimum absolute atomic E-state index is 0.136. The molecule has 0 spiro atoms. The summed E-state index contributed by atoms with van der Waals surface area (Å²) in [6.07, 6.45) is 6.40. The van der Waals surface area contributed by atoms with Crippen LogP contribution >= 0.6 is 23.2 Å². The van der Waals surface area contributed by atoms with Gasteiger partial charge in [0.2, 0.25) is 0 Å². The van der Waals surface area contributed by atoms with E-state index < -0.39 is 0 Å². The van der Waals surface area contributed by atoms with Crippen molar-refractivity contribution in [3.63, 3.8) is 0 Å². The molecule has 0 saturated carbocycles. The molecule has 0 atom stereocenters. The zero-order valence-corrected chi connectivity index (χ0v) is 6.32. The van der Waals surface area contributed by atoms with E-state index in [4.69, 9.17) is 29.6 Å². The van der Waals surface area contributed by atoms with Crippen LogP contribution in [0.25, 0.3) is 0 Å². The smallest absolute Gasteiger partial charge is 0.167 e. The Morgan fingerprint density at radius 3 is 2.60 bits per heavy atom. The lowest BCUT2D eigenvalue weighted by atomic mass is 10.5. The maximum atomic E-state index is 5.49. The van der Waals surface area contributed by atoms with Gasteiger partial charge in [0.1, 0.15) is 5.69 Å². The second-order valence-corrected chi connectivity index (χ2v) is 2.20. The highest BCUT2D eigenvalue weighted by Crippen LogP contribution is 2.14. The summed E-state index contributed by atoms with van der Waals surface area (Å²) in [6.45, 7) is 0. The van der Waals surface area contributed by atoms with Gasteiger partial charge in [-0.3, -0.25) is 0 Å². The number of nitrogens with zero attached hydrogens (tertiary/aromatic N) is 2. The molecule has 0 radical (unpaired) electrons. The molecule has 1 aromatic rings. The number of hydrogen-bond donors (Lipinski definition) is 0. The fourth-order valence-corrected chi connectivity index (χ4v) is 0.652. The average molecular weight is 173 g/mol. The molecule has 1 aromatic heterocycles. The molecule has 4 heteroatoms. The molecule has 10 heavy (non-hydrogen) atoms. The molecule has 0 unspecified atom stereocenters. The molecule has 0 amide bonds. The zero-order valence-electron chi connectivity index (χ0n) is 4.81. The number of rotatable bonds is 0. The SMILES string of the molecule is C#Cc1cnc(Cl)c(Cl)n1. The number of hydrogen-bond acceptors (Lipinski definition) is 2. The molecular formula is C6H2Cl2N2. The van der Waals surface area contributed by atoms with Crippen LogP contribution in [0.15, 0.2) is 6.20 Å². The lowest BCUT2D eigenvalue weighted by molar-refractivity contribution is 1.17. The fraction of sp³-hybridized carbons (Fsp3) is 0. The molecule has 1 rings (SSSR count). The Labute approximate surface area is 68.2 Å². The second-order valence-electron chi connectivity index (χ2n) is 1.48. The highest BCUT2D eigenvalue weighted by atomic mass is 35.5. The summed E-state index contributed by atoms with van der Waals surface area (Å²) >= 11 is 11.0. The molecule has 50 valence electrons. The Kier molecular flexibility index (Phi) is 2.10. The van der Waals surface area contributed by atoms with Crippen molar-refractivity contribution in [2.24, 2.45) is 0 Å². The molecule has 1 heterocycles. The molecule has 0 aliphatic carbocycles. The summed E-state index contributed by atoms with van der Waals surface area (Å²) in [4.78, 5) is 7.40. The van der Waals surface area contributed by atoms with Crippen LogP contribution in [0.5, 0.6) is 0 Å². The van der Waals surface area contributed by atoms with Crippen LogP contribution in [0, 0.1) is 12.3 Å². The summed E-state index contributed by atoms with van der Waals surface area (Å²) in [6, 6.07) is 0. The minimum atomic E-state index is 0.136. The van der Waals surface area contributed by atoms with Gasteiger partial charge >= 0.3 is 0 Å². The van der Waals surface area contributed by atoms with Gasteiger partial charge in [0.25, 0.3) is 0 Å². The van der Waals surface area contributed by atoms with E-state index >= 15 is 0 Å². The van der Waals surface area contributed by atoms with Crippen molar-refractivity contribution in [2.75, 3.05) is 0 Å². The topological polar surface area (TPSA) is 25.8 Å². The normalized spacial score (nSPS) is 8.90. The van der Waals surface area contributed by atoms with Gasteiger partial charge in [-0.15, -0.1) is 6.42 Å². The van der Waals surface area contributed by atoms with Gasteiger partial charge in [-0.25, -0.2) is 9.97 Å². The second kappa shape index (κ2) is 2.87. The molecule has 0 fully saturated rings. The van der Waals surface area contributed by atoms with Crippen LogP contribution < -0.4 is 0 Å². The van der Waals surface area contributed by atoms with Crippen molar-refractivity contribution in [3.8, 4) is 12.3 Å². The van der Waals surface area contributed by atoms with Crippen molar-refractivity contribution in [3.05, 3.63) is 22.2 Å². The van der Waals surface area contributed by atoms with E-state index in [1.807, 2.05) is 0 Å². The Morgan fingerprint density at radius 2 is 2.10 bits per heavy atom. The molecule has 0 bridgehead atoms. The van der Waals surface area contributed by atoms with E-state index in [0.717, 1.165) is 0 Å². The maximum absolute atomic E-state index is 5.49. The first-order valence-corrected chi connectivity index (χ1v) is 3.14. The fourth-order valence-electron chi connectivity index (χ4n) is 0.421. The number of aromatic nitrogens is 2. The summed E-state index contributed by atoms with van der Waals surface area (Å²) < 4.78 is 0. The predicted octanol–water partition coefficient (Wildman–Crippen LogP) is 1.76. The largest absolute Gasteiger partial charge is 0.238 e. The Balaban J connectivity index is 3.20. The third-order valence-corrected chi connectivity index (χ3v) is 1.47. The number of halogens is 2. The molecule has 2 nitrogen and oxygen atoms in total. The Hall–Kier alpha value is -0.780. The van der Waals surface area contributed by atoms with E-state index in [-0.39, 0.29) is 10.3 Å². The Bertz CT molecular complexity index is 290. The first kappa shape index (κ1) is 7.33. The molecule has 0 N–H and O–H groups in total. The first-order chi connectivity index (χ1) is 4.74. The third-order valence-electron chi connectivity index (χ3n) is 0.837. The van der Waals surface area contributed by atoms with Crippen molar-refractivity contribution in [1.82, 2.24) is 9.97 Å². The standard InChI is InChI=1S/C6H2Cl2N2/c1-2-4-3-9-5(7)6(8)10-4/h1,3H. The maximum Gasteiger partial charge on any atom is 0.167 e. The minimum Gasteiger partial charge on any atom is -0.238 e. The van der Waals surface area contributed by atoms with Crippen molar-refractivity contribution < 1.29 is 0 Å². The van der Waals surface area contributed by atoms with E-state index in [1.165, 1.54) is 6.20 Å². The summed E-state index contributed by atoms with van der Waals surface area (Å²) in [5.74, 6) is 2.28. The van der Waals surface area contributed by atoms with Crippen LogP contribution in [-0.2, 0) is 0 Å². The van der Waals surface area contributed by atoms with Crippen LogP contribution in [-0.4, -0.2) is 9.97 Å². The van der Waals surface area contributed by atoms with E-state index in [9.17, 15) is 0 Å². The lowest BCUT2D eigenvalue weighted by Gasteiger charge is -1.91. The van der Waals surface area contributed by atoms with Gasteiger partial charge in [-0.05, 0) is 5.92 Å². The number of terminal acetylenes is 1. The van der Waals surface area contributed by atoms with Crippen LogP contribution in [0.4, 0.5) is 0 Å². The monoisotopic (exact) mass is 172 g/mol. The van der Waals surface area contributed by atoms with Gasteiger partial charge < -0.3 is 0 Å². The zero-order chi connectivity index (χ0) is 7.56. The van der Waals surface area contributed by atoms with Crippen molar-refractivity contribution >= 4 is 23.2 Å². The average Bonchev–Trinajstić information content (AvgIpc) is 1.95. The van der Waals surface area contributed by atoms with Gasteiger partial charge in [0, 0.05) is 0 Å². The summed E-state index contributed by atoms with van der Waals surface area (Å²) in [5, 5.41) is 0.304. The van der Waals surface area contributed by atoms with E-state index in [0.29, 0.717) is 5.69 Å². The summed E-state index contributed by atoms with van der Waals surface area (Å²) in [7, 11) is 0. The van der Waals surface area contributed by atoms with E-state index in [2.05, 4.69) is 15.9 Å². The highest BCUT2D eigenvalue weighted by molar-refractivity contribution is 6.40.